The molecule has 1 aromatic heterocycles. The van der Waals surface area contributed by atoms with E-state index in [0.717, 1.165) is 46.3 Å². The van der Waals surface area contributed by atoms with Crippen LogP contribution in [0.1, 0.15) is 50.4 Å². The molecule has 0 saturated carbocycles. The normalized spacial score (nSPS) is 19.3. The third-order valence-corrected chi connectivity index (χ3v) is 5.84. The summed E-state index contributed by atoms with van der Waals surface area (Å²) in [4.78, 5) is 20.5. The lowest BCUT2D eigenvalue weighted by Crippen LogP contribution is -2.47. The minimum Gasteiger partial charge on any atom is -0.494 e. The topological polar surface area (TPSA) is 42.4 Å². The number of hydrogen-bond donors (Lipinski definition) is 0. The first-order valence-corrected chi connectivity index (χ1v) is 10.5. The van der Waals surface area contributed by atoms with E-state index in [9.17, 15) is 4.79 Å². The molecule has 1 amide bonds. The fourth-order valence-corrected chi connectivity index (χ4v) is 4.35. The number of likely N-dealkylation sites (tertiary alicyclic amines) is 1. The van der Waals surface area contributed by atoms with Crippen LogP contribution in [0.15, 0.2) is 54.6 Å². The molecule has 2 aromatic carbocycles. The van der Waals surface area contributed by atoms with Gasteiger partial charge in [-0.1, -0.05) is 18.2 Å². The van der Waals surface area contributed by atoms with E-state index in [-0.39, 0.29) is 18.0 Å². The molecule has 2 heterocycles. The molecule has 1 fully saturated rings. The zero-order valence-corrected chi connectivity index (χ0v) is 17.4. The predicted octanol–water partition coefficient (Wildman–Crippen LogP) is 5.70. The summed E-state index contributed by atoms with van der Waals surface area (Å²) in [5.41, 5.74) is 3.38. The van der Waals surface area contributed by atoms with Crippen LogP contribution in [0.4, 0.5) is 0 Å². The van der Waals surface area contributed by atoms with Gasteiger partial charge >= 0.3 is 0 Å². The molecule has 1 aliphatic rings. The number of carbonyl (C=O) groups excluding carboxylic acids is 1. The van der Waals surface area contributed by atoms with E-state index < -0.39 is 0 Å². The quantitative estimate of drug-likeness (QED) is 0.575. The van der Waals surface area contributed by atoms with Crippen LogP contribution >= 0.6 is 0 Å². The van der Waals surface area contributed by atoms with Gasteiger partial charge in [0.05, 0.1) is 23.4 Å². The molecule has 3 aromatic rings. The van der Waals surface area contributed by atoms with Gasteiger partial charge in [0.25, 0.3) is 5.91 Å². The summed E-state index contributed by atoms with van der Waals surface area (Å²) in [6.45, 7) is 6.92. The van der Waals surface area contributed by atoms with Crippen LogP contribution in [0.3, 0.4) is 0 Å². The van der Waals surface area contributed by atoms with Gasteiger partial charge in [0.2, 0.25) is 0 Å². The van der Waals surface area contributed by atoms with Crippen molar-refractivity contribution < 1.29 is 9.53 Å². The van der Waals surface area contributed by atoms with Crippen LogP contribution < -0.4 is 4.74 Å². The van der Waals surface area contributed by atoms with Crippen molar-refractivity contribution in [2.75, 3.05) is 6.61 Å². The van der Waals surface area contributed by atoms with E-state index in [0.29, 0.717) is 6.61 Å². The monoisotopic (exact) mass is 388 g/mol. The summed E-state index contributed by atoms with van der Waals surface area (Å²) in [6.07, 6.45) is 3.30. The van der Waals surface area contributed by atoms with Crippen molar-refractivity contribution in [3.8, 4) is 17.0 Å². The fourth-order valence-electron chi connectivity index (χ4n) is 4.35. The average molecular weight is 389 g/mol. The summed E-state index contributed by atoms with van der Waals surface area (Å²) in [5.74, 6) is 0.944. The van der Waals surface area contributed by atoms with E-state index >= 15 is 0 Å². The molecular weight excluding hydrogens is 360 g/mol. The minimum atomic E-state index is 0.107. The molecule has 1 saturated heterocycles. The molecule has 0 radical (unpaired) electrons. The van der Waals surface area contributed by atoms with E-state index in [2.05, 4.69) is 18.7 Å². The summed E-state index contributed by atoms with van der Waals surface area (Å²) < 4.78 is 5.55. The standard InChI is InChI=1S/C25H28N2O2/c1-4-29-20-14-12-19(13-15-20)24-16-22(21-10-5-6-11-23(21)26-24)25(28)27-17(2)8-7-9-18(27)3/h5-6,10-18H,4,7-9H2,1-3H3. The second-order valence-electron chi connectivity index (χ2n) is 7.87. The highest BCUT2D eigenvalue weighted by atomic mass is 16.5. The minimum absolute atomic E-state index is 0.107. The van der Waals surface area contributed by atoms with Crippen molar-refractivity contribution in [1.29, 1.82) is 0 Å². The number of ether oxygens (including phenoxy) is 1. The molecule has 2 atom stereocenters. The Morgan fingerprint density at radius 1 is 1.07 bits per heavy atom. The Balaban J connectivity index is 1.79. The van der Waals surface area contributed by atoms with Gasteiger partial charge in [-0.25, -0.2) is 4.98 Å². The Labute approximate surface area is 172 Å². The Kier molecular flexibility index (Phi) is 5.52. The van der Waals surface area contributed by atoms with E-state index in [4.69, 9.17) is 9.72 Å². The molecule has 0 spiro atoms. The molecule has 0 N–H and O–H groups in total. The van der Waals surface area contributed by atoms with Gasteiger partial charge in [-0.2, -0.15) is 0 Å². The Hall–Kier alpha value is -2.88. The van der Waals surface area contributed by atoms with Crippen LogP contribution in [0, 0.1) is 0 Å². The first-order valence-electron chi connectivity index (χ1n) is 10.5. The first kappa shape index (κ1) is 19.4. The smallest absolute Gasteiger partial charge is 0.255 e. The molecule has 2 unspecified atom stereocenters. The summed E-state index contributed by atoms with van der Waals surface area (Å²) in [7, 11) is 0. The predicted molar refractivity (Wildman–Crippen MR) is 117 cm³/mol. The number of pyridine rings is 1. The number of aromatic nitrogens is 1. The zero-order valence-electron chi connectivity index (χ0n) is 17.4. The van der Waals surface area contributed by atoms with Gasteiger partial charge in [-0.3, -0.25) is 4.79 Å². The van der Waals surface area contributed by atoms with Gasteiger partial charge in [0.15, 0.2) is 0 Å². The van der Waals surface area contributed by atoms with Gasteiger partial charge in [-0.05, 0) is 76.4 Å². The van der Waals surface area contributed by atoms with Crippen LogP contribution in [0.2, 0.25) is 0 Å². The average Bonchev–Trinajstić information content (AvgIpc) is 2.73. The third-order valence-electron chi connectivity index (χ3n) is 5.84. The second-order valence-corrected chi connectivity index (χ2v) is 7.87. The van der Waals surface area contributed by atoms with Crippen molar-refractivity contribution >= 4 is 16.8 Å². The highest BCUT2D eigenvalue weighted by molar-refractivity contribution is 6.07. The number of para-hydroxylation sites is 1. The van der Waals surface area contributed by atoms with Gasteiger partial charge in [0, 0.05) is 23.0 Å². The summed E-state index contributed by atoms with van der Waals surface area (Å²) in [6, 6.07) is 18.3. The Morgan fingerprint density at radius 2 is 1.76 bits per heavy atom. The van der Waals surface area contributed by atoms with E-state index in [1.807, 2.05) is 61.5 Å². The van der Waals surface area contributed by atoms with Crippen LogP contribution in [-0.4, -0.2) is 34.5 Å². The number of piperidine rings is 1. The number of benzene rings is 2. The molecule has 0 bridgehead atoms. The molecular formula is C25H28N2O2. The van der Waals surface area contributed by atoms with Crippen molar-refractivity contribution in [3.63, 3.8) is 0 Å². The Bertz CT molecular complexity index is 1000. The number of fused-ring (bicyclic) bond motifs is 1. The highest BCUT2D eigenvalue weighted by Crippen LogP contribution is 2.30. The van der Waals surface area contributed by atoms with Crippen molar-refractivity contribution in [2.45, 2.75) is 52.1 Å². The molecule has 0 aliphatic carbocycles. The van der Waals surface area contributed by atoms with Crippen molar-refractivity contribution in [3.05, 3.63) is 60.2 Å². The molecule has 4 rings (SSSR count). The van der Waals surface area contributed by atoms with Crippen LogP contribution in [0.25, 0.3) is 22.2 Å². The maximum atomic E-state index is 13.6. The van der Waals surface area contributed by atoms with E-state index in [1.54, 1.807) is 0 Å². The molecule has 1 aliphatic heterocycles. The number of nitrogens with zero attached hydrogens (tertiary/aromatic N) is 2. The third kappa shape index (κ3) is 3.84. The van der Waals surface area contributed by atoms with Gasteiger partial charge in [-0.15, -0.1) is 0 Å². The Morgan fingerprint density at radius 3 is 2.45 bits per heavy atom. The van der Waals surface area contributed by atoms with Gasteiger partial charge in [0.1, 0.15) is 5.75 Å². The maximum absolute atomic E-state index is 13.6. The summed E-state index contributed by atoms with van der Waals surface area (Å²) in [5, 5.41) is 0.914. The number of carbonyl (C=O) groups is 1. The summed E-state index contributed by atoms with van der Waals surface area (Å²) >= 11 is 0. The van der Waals surface area contributed by atoms with Crippen molar-refractivity contribution in [1.82, 2.24) is 9.88 Å². The van der Waals surface area contributed by atoms with Crippen molar-refractivity contribution in [2.24, 2.45) is 0 Å². The molecule has 4 heteroatoms. The van der Waals surface area contributed by atoms with Crippen LogP contribution in [-0.2, 0) is 0 Å². The molecule has 4 nitrogen and oxygen atoms in total. The maximum Gasteiger partial charge on any atom is 0.255 e. The number of hydrogen-bond acceptors (Lipinski definition) is 3. The first-order chi connectivity index (χ1) is 14.1. The van der Waals surface area contributed by atoms with Crippen LogP contribution in [0.5, 0.6) is 5.75 Å². The molecule has 29 heavy (non-hydrogen) atoms. The SMILES string of the molecule is CCOc1ccc(-c2cc(C(=O)N3C(C)CCCC3C)c3ccccc3n2)cc1. The highest BCUT2D eigenvalue weighted by Gasteiger charge is 2.30. The lowest BCUT2D eigenvalue weighted by atomic mass is 9.95. The lowest BCUT2D eigenvalue weighted by Gasteiger charge is -2.39. The van der Waals surface area contributed by atoms with Gasteiger partial charge < -0.3 is 9.64 Å². The zero-order chi connectivity index (χ0) is 20.4. The molecule has 150 valence electrons. The van der Waals surface area contributed by atoms with E-state index in [1.165, 1.54) is 6.42 Å². The largest absolute Gasteiger partial charge is 0.494 e. The number of amides is 1. The lowest BCUT2D eigenvalue weighted by molar-refractivity contribution is 0.0513. The fraction of sp³-hybridized carbons (Fsp3) is 0.360. The number of rotatable bonds is 4. The second kappa shape index (κ2) is 8.24.